The first-order valence-corrected chi connectivity index (χ1v) is 7.49. The maximum absolute atomic E-state index is 12.2. The van der Waals surface area contributed by atoms with Gasteiger partial charge in [-0.05, 0) is 18.1 Å². The Morgan fingerprint density at radius 2 is 2.17 bits per heavy atom. The summed E-state index contributed by atoms with van der Waals surface area (Å²) in [7, 11) is 0. The molecule has 0 saturated heterocycles. The quantitative estimate of drug-likeness (QED) is 0.618. The number of aromatic nitrogens is 4. The van der Waals surface area contributed by atoms with Gasteiger partial charge in [-0.25, -0.2) is 14.8 Å². The summed E-state index contributed by atoms with van der Waals surface area (Å²) < 4.78 is 1.52. The van der Waals surface area contributed by atoms with Gasteiger partial charge in [0.1, 0.15) is 11.3 Å². The van der Waals surface area contributed by atoms with E-state index in [1.807, 2.05) is 13.8 Å². The molecular formula is C16H17N5O3. The van der Waals surface area contributed by atoms with Gasteiger partial charge in [0.25, 0.3) is 0 Å². The maximum Gasteiger partial charge on any atom is 0.327 e. The predicted octanol–water partition coefficient (Wildman–Crippen LogP) is 1.72. The summed E-state index contributed by atoms with van der Waals surface area (Å²) >= 11 is 0. The highest BCUT2D eigenvalue weighted by molar-refractivity contribution is 5.90. The number of amides is 1. The third-order valence-corrected chi connectivity index (χ3v) is 3.47. The number of nitrogens with one attached hydrogen (secondary N) is 2. The van der Waals surface area contributed by atoms with E-state index in [0.717, 1.165) is 0 Å². The Morgan fingerprint density at radius 3 is 2.83 bits per heavy atom. The number of benzene rings is 1. The number of fused-ring (bicyclic) bond motifs is 1. The first-order valence-electron chi connectivity index (χ1n) is 7.49. The number of aromatic hydroxyl groups is 1. The van der Waals surface area contributed by atoms with Gasteiger partial charge in [0, 0.05) is 12.1 Å². The van der Waals surface area contributed by atoms with E-state index in [4.69, 9.17) is 0 Å². The highest BCUT2D eigenvalue weighted by atomic mass is 16.3. The van der Waals surface area contributed by atoms with Crippen LogP contribution in [-0.2, 0) is 11.3 Å². The molecule has 3 aromatic rings. The summed E-state index contributed by atoms with van der Waals surface area (Å²) in [6.45, 7) is 4.47. The molecule has 0 aliphatic carbocycles. The lowest BCUT2D eigenvalue weighted by atomic mass is 10.2. The Kier molecular flexibility index (Phi) is 4.03. The standard InChI is InChI=1S/C16H17N5O3/c1-9(2)7-21-15-12(18-16(21)24)14(17-8-22)19-13(20-15)10-4-3-5-11(23)6-10/h3-6,8-9,23H,7H2,1-2H3,(H,18,24)(H,17,19,20,22). The van der Waals surface area contributed by atoms with E-state index in [9.17, 15) is 14.7 Å². The van der Waals surface area contributed by atoms with Crippen LogP contribution < -0.4 is 11.0 Å². The number of imidazole rings is 1. The molecule has 124 valence electrons. The van der Waals surface area contributed by atoms with Gasteiger partial charge < -0.3 is 15.4 Å². The van der Waals surface area contributed by atoms with Crippen LogP contribution in [0.25, 0.3) is 22.6 Å². The molecule has 0 saturated carbocycles. The molecule has 1 aromatic carbocycles. The van der Waals surface area contributed by atoms with E-state index >= 15 is 0 Å². The molecule has 0 unspecified atom stereocenters. The largest absolute Gasteiger partial charge is 0.508 e. The van der Waals surface area contributed by atoms with Crippen molar-refractivity contribution < 1.29 is 9.90 Å². The summed E-state index contributed by atoms with van der Waals surface area (Å²) in [4.78, 5) is 34.5. The van der Waals surface area contributed by atoms with Crippen LogP contribution in [0.2, 0.25) is 0 Å². The SMILES string of the molecule is CC(C)Cn1c(=O)[nH]c2c(NC=O)nc(-c3cccc(O)c3)nc21. The zero-order valence-corrected chi connectivity index (χ0v) is 13.3. The molecule has 8 heteroatoms. The highest BCUT2D eigenvalue weighted by Crippen LogP contribution is 2.25. The number of nitrogens with zero attached hydrogens (tertiary/aromatic N) is 3. The molecule has 0 fully saturated rings. The number of phenolic OH excluding ortho intramolecular Hbond substituents is 1. The third kappa shape index (κ3) is 2.85. The molecule has 2 aromatic heterocycles. The molecule has 0 aliphatic heterocycles. The molecule has 24 heavy (non-hydrogen) atoms. The molecule has 0 radical (unpaired) electrons. The number of H-pyrrole nitrogens is 1. The Morgan fingerprint density at radius 1 is 1.38 bits per heavy atom. The summed E-state index contributed by atoms with van der Waals surface area (Å²) in [5.74, 6) is 0.838. The molecule has 0 bridgehead atoms. The Hall–Kier alpha value is -3.16. The molecule has 0 atom stereocenters. The van der Waals surface area contributed by atoms with Crippen LogP contribution in [0.5, 0.6) is 5.75 Å². The lowest BCUT2D eigenvalue weighted by molar-refractivity contribution is -0.105. The van der Waals surface area contributed by atoms with Gasteiger partial charge >= 0.3 is 5.69 Å². The first-order chi connectivity index (χ1) is 11.5. The van der Waals surface area contributed by atoms with Gasteiger partial charge in [-0.15, -0.1) is 0 Å². The molecule has 0 aliphatic rings. The van der Waals surface area contributed by atoms with Crippen molar-refractivity contribution in [1.29, 1.82) is 0 Å². The van der Waals surface area contributed by atoms with E-state index in [2.05, 4.69) is 20.3 Å². The molecule has 8 nitrogen and oxygen atoms in total. The normalized spacial score (nSPS) is 11.1. The first kappa shape index (κ1) is 15.7. The molecular weight excluding hydrogens is 310 g/mol. The monoisotopic (exact) mass is 327 g/mol. The van der Waals surface area contributed by atoms with Crippen LogP contribution in [0, 0.1) is 5.92 Å². The molecule has 3 N–H and O–H groups in total. The molecule has 1 amide bonds. The minimum Gasteiger partial charge on any atom is -0.508 e. The van der Waals surface area contributed by atoms with Crippen LogP contribution in [0.4, 0.5) is 5.82 Å². The van der Waals surface area contributed by atoms with E-state index in [1.165, 1.54) is 16.7 Å². The fraction of sp³-hybridized carbons (Fsp3) is 0.250. The molecule has 0 spiro atoms. The minimum absolute atomic E-state index is 0.0785. The lowest BCUT2D eigenvalue weighted by Crippen LogP contribution is -2.19. The van der Waals surface area contributed by atoms with Crippen LogP contribution in [0.15, 0.2) is 29.1 Å². The smallest absolute Gasteiger partial charge is 0.327 e. The van der Waals surface area contributed by atoms with E-state index < -0.39 is 0 Å². The topological polar surface area (TPSA) is 113 Å². The van der Waals surface area contributed by atoms with Crippen molar-refractivity contribution >= 4 is 23.4 Å². The van der Waals surface area contributed by atoms with Crippen molar-refractivity contribution in [3.8, 4) is 17.1 Å². The second-order valence-electron chi connectivity index (χ2n) is 5.84. The van der Waals surface area contributed by atoms with E-state index in [1.54, 1.807) is 12.1 Å². The fourth-order valence-corrected chi connectivity index (χ4v) is 2.50. The average Bonchev–Trinajstić information content (AvgIpc) is 2.84. The highest BCUT2D eigenvalue weighted by Gasteiger charge is 2.17. The fourth-order valence-electron chi connectivity index (χ4n) is 2.50. The second-order valence-corrected chi connectivity index (χ2v) is 5.84. The number of anilines is 1. The molecule has 2 heterocycles. The summed E-state index contributed by atoms with van der Waals surface area (Å²) in [6, 6.07) is 6.47. The Bertz CT molecular complexity index is 958. The predicted molar refractivity (Wildman–Crippen MR) is 89.8 cm³/mol. The summed E-state index contributed by atoms with van der Waals surface area (Å²) in [5, 5.41) is 12.1. The summed E-state index contributed by atoms with van der Waals surface area (Å²) in [6.07, 6.45) is 0.492. The number of phenols is 1. The van der Waals surface area contributed by atoms with Crippen LogP contribution in [0.1, 0.15) is 13.8 Å². The number of carbonyl (C=O) groups is 1. The van der Waals surface area contributed by atoms with Crippen molar-refractivity contribution in [3.63, 3.8) is 0 Å². The van der Waals surface area contributed by atoms with Gasteiger partial charge in [-0.3, -0.25) is 9.36 Å². The maximum atomic E-state index is 12.2. The van der Waals surface area contributed by atoms with Crippen molar-refractivity contribution in [2.24, 2.45) is 5.92 Å². The number of rotatable bonds is 5. The minimum atomic E-state index is -0.310. The number of hydrogen-bond donors (Lipinski definition) is 3. The van der Waals surface area contributed by atoms with Gasteiger partial charge in [0.15, 0.2) is 17.3 Å². The third-order valence-electron chi connectivity index (χ3n) is 3.47. The lowest BCUT2D eigenvalue weighted by Gasteiger charge is -2.08. The number of aromatic amines is 1. The van der Waals surface area contributed by atoms with Gasteiger partial charge in [-0.1, -0.05) is 26.0 Å². The number of hydrogen-bond acceptors (Lipinski definition) is 5. The Labute approximate surface area is 137 Å². The zero-order chi connectivity index (χ0) is 17.3. The Balaban J connectivity index is 2.28. The van der Waals surface area contributed by atoms with Gasteiger partial charge in [-0.2, -0.15) is 0 Å². The van der Waals surface area contributed by atoms with Crippen LogP contribution in [-0.4, -0.2) is 31.0 Å². The van der Waals surface area contributed by atoms with Crippen LogP contribution in [0.3, 0.4) is 0 Å². The second kappa shape index (κ2) is 6.15. The van der Waals surface area contributed by atoms with Crippen molar-refractivity contribution in [2.75, 3.05) is 5.32 Å². The zero-order valence-electron chi connectivity index (χ0n) is 13.3. The summed E-state index contributed by atoms with van der Waals surface area (Å²) in [5.41, 5.74) is 1.05. The van der Waals surface area contributed by atoms with E-state index in [0.29, 0.717) is 35.5 Å². The van der Waals surface area contributed by atoms with Crippen molar-refractivity contribution in [1.82, 2.24) is 19.5 Å². The van der Waals surface area contributed by atoms with E-state index in [-0.39, 0.29) is 23.2 Å². The van der Waals surface area contributed by atoms with Crippen molar-refractivity contribution in [2.45, 2.75) is 20.4 Å². The van der Waals surface area contributed by atoms with Crippen LogP contribution >= 0.6 is 0 Å². The number of carbonyl (C=O) groups excluding carboxylic acids is 1. The van der Waals surface area contributed by atoms with Crippen molar-refractivity contribution in [3.05, 3.63) is 34.7 Å². The molecule has 3 rings (SSSR count). The van der Waals surface area contributed by atoms with Gasteiger partial charge in [0.2, 0.25) is 6.41 Å². The van der Waals surface area contributed by atoms with Gasteiger partial charge in [0.05, 0.1) is 0 Å². The average molecular weight is 327 g/mol.